The SMILES string of the molecule is N#CC1CSCN1C(=O)CNC(=O)c1ccnc2ccc(OC3CCOCC3)cc12. The molecule has 1 unspecified atom stereocenters. The van der Waals surface area contributed by atoms with Crippen LogP contribution in [0, 0.1) is 11.3 Å². The van der Waals surface area contributed by atoms with Crippen molar-refractivity contribution in [1.29, 1.82) is 5.26 Å². The van der Waals surface area contributed by atoms with Crippen LogP contribution < -0.4 is 10.1 Å². The molecule has 8 nitrogen and oxygen atoms in total. The normalized spacial score (nSPS) is 19.4. The van der Waals surface area contributed by atoms with Crippen LogP contribution in [-0.2, 0) is 9.53 Å². The molecule has 2 aliphatic rings. The number of nitriles is 1. The second-order valence-corrected chi connectivity index (χ2v) is 8.16. The molecule has 0 saturated carbocycles. The molecule has 2 aromatic rings. The lowest BCUT2D eigenvalue weighted by Crippen LogP contribution is -2.42. The van der Waals surface area contributed by atoms with Crippen molar-refractivity contribution in [3.63, 3.8) is 0 Å². The highest BCUT2D eigenvalue weighted by atomic mass is 32.2. The maximum Gasteiger partial charge on any atom is 0.252 e. The number of rotatable bonds is 5. The van der Waals surface area contributed by atoms with Gasteiger partial charge in [0.2, 0.25) is 5.91 Å². The number of nitrogens with one attached hydrogen (secondary N) is 1. The number of fused-ring (bicyclic) bond motifs is 1. The van der Waals surface area contributed by atoms with Gasteiger partial charge in [0, 0.05) is 30.2 Å². The Morgan fingerprint density at radius 3 is 2.97 bits per heavy atom. The van der Waals surface area contributed by atoms with Crippen LogP contribution in [0.15, 0.2) is 30.5 Å². The van der Waals surface area contributed by atoms with Gasteiger partial charge in [-0.1, -0.05) is 0 Å². The van der Waals surface area contributed by atoms with Crippen LogP contribution in [0.4, 0.5) is 0 Å². The van der Waals surface area contributed by atoms with E-state index in [0.717, 1.165) is 12.8 Å². The summed E-state index contributed by atoms with van der Waals surface area (Å²) in [5.74, 6) is 1.12. The highest BCUT2D eigenvalue weighted by molar-refractivity contribution is 7.99. The molecule has 0 radical (unpaired) electrons. The van der Waals surface area contributed by atoms with Gasteiger partial charge >= 0.3 is 0 Å². The van der Waals surface area contributed by atoms with Gasteiger partial charge in [-0.05, 0) is 24.3 Å². The minimum absolute atomic E-state index is 0.0918. The number of pyridine rings is 1. The summed E-state index contributed by atoms with van der Waals surface area (Å²) in [6.07, 6.45) is 3.33. The standard InChI is InChI=1S/C21H22N4O4S/c22-10-14-12-30-13-25(14)20(26)11-24-21(27)17-3-6-23-19-2-1-16(9-18(17)19)29-15-4-7-28-8-5-15/h1-3,6,9,14-15H,4-5,7-8,11-13H2,(H,24,27). The number of hydrogen-bond donors (Lipinski definition) is 1. The molecule has 3 heterocycles. The second-order valence-electron chi connectivity index (χ2n) is 7.16. The van der Waals surface area contributed by atoms with Crippen molar-refractivity contribution >= 4 is 34.5 Å². The first kappa shape index (κ1) is 20.4. The maximum absolute atomic E-state index is 12.8. The Kier molecular flexibility index (Phi) is 6.35. The van der Waals surface area contributed by atoms with E-state index in [9.17, 15) is 9.59 Å². The van der Waals surface area contributed by atoms with Crippen LogP contribution in [0.1, 0.15) is 23.2 Å². The van der Waals surface area contributed by atoms with Gasteiger partial charge in [-0.3, -0.25) is 14.6 Å². The molecular weight excluding hydrogens is 404 g/mol. The Balaban J connectivity index is 1.47. The van der Waals surface area contributed by atoms with Crippen molar-refractivity contribution in [3.8, 4) is 11.8 Å². The minimum atomic E-state index is -0.439. The quantitative estimate of drug-likeness (QED) is 0.779. The first-order valence-corrected chi connectivity index (χ1v) is 11.0. The Hall–Kier alpha value is -2.83. The Morgan fingerprint density at radius 1 is 1.33 bits per heavy atom. The van der Waals surface area contributed by atoms with E-state index in [0.29, 0.717) is 47.1 Å². The van der Waals surface area contributed by atoms with E-state index in [-0.39, 0.29) is 24.5 Å². The maximum atomic E-state index is 12.8. The van der Waals surface area contributed by atoms with Gasteiger partial charge in [-0.25, -0.2) is 0 Å². The van der Waals surface area contributed by atoms with E-state index in [2.05, 4.69) is 16.4 Å². The summed E-state index contributed by atoms with van der Waals surface area (Å²) in [7, 11) is 0. The molecule has 1 aromatic carbocycles. The summed E-state index contributed by atoms with van der Waals surface area (Å²) in [6.45, 7) is 1.22. The molecule has 1 aromatic heterocycles. The van der Waals surface area contributed by atoms with Crippen molar-refractivity contribution in [1.82, 2.24) is 15.2 Å². The smallest absolute Gasteiger partial charge is 0.252 e. The predicted octanol–water partition coefficient (Wildman–Crippen LogP) is 1.95. The van der Waals surface area contributed by atoms with Crippen molar-refractivity contribution in [2.75, 3.05) is 31.4 Å². The van der Waals surface area contributed by atoms with E-state index in [1.54, 1.807) is 12.3 Å². The lowest BCUT2D eigenvalue weighted by atomic mass is 10.1. The number of carbonyl (C=O) groups excluding carboxylic acids is 2. The molecule has 1 atom stereocenters. The predicted molar refractivity (Wildman–Crippen MR) is 112 cm³/mol. The molecule has 0 spiro atoms. The van der Waals surface area contributed by atoms with Gasteiger partial charge in [-0.15, -0.1) is 11.8 Å². The van der Waals surface area contributed by atoms with E-state index in [1.165, 1.54) is 16.7 Å². The molecule has 2 amide bonds. The van der Waals surface area contributed by atoms with Gasteiger partial charge in [0.1, 0.15) is 17.9 Å². The zero-order valence-corrected chi connectivity index (χ0v) is 17.2. The molecule has 2 aliphatic heterocycles. The van der Waals surface area contributed by atoms with Crippen LogP contribution in [-0.4, -0.2) is 65.2 Å². The number of carbonyl (C=O) groups is 2. The Morgan fingerprint density at radius 2 is 2.17 bits per heavy atom. The molecule has 4 rings (SSSR count). The van der Waals surface area contributed by atoms with E-state index in [1.807, 2.05) is 18.2 Å². The average molecular weight is 426 g/mol. The molecule has 30 heavy (non-hydrogen) atoms. The van der Waals surface area contributed by atoms with Crippen LogP contribution in [0.5, 0.6) is 5.75 Å². The molecule has 0 aliphatic carbocycles. The molecule has 9 heteroatoms. The second kappa shape index (κ2) is 9.32. The van der Waals surface area contributed by atoms with E-state index >= 15 is 0 Å². The number of benzene rings is 1. The summed E-state index contributed by atoms with van der Waals surface area (Å²) in [5, 5.41) is 12.5. The number of ether oxygens (including phenoxy) is 2. The fourth-order valence-corrected chi connectivity index (χ4v) is 4.63. The number of aromatic nitrogens is 1. The van der Waals surface area contributed by atoms with Crippen molar-refractivity contribution in [3.05, 3.63) is 36.0 Å². The van der Waals surface area contributed by atoms with Crippen LogP contribution in [0.25, 0.3) is 10.9 Å². The number of thioether (sulfide) groups is 1. The molecular formula is C21H22N4O4S. The first-order chi connectivity index (χ1) is 14.7. The summed E-state index contributed by atoms with van der Waals surface area (Å²) >= 11 is 1.53. The third kappa shape index (κ3) is 4.50. The van der Waals surface area contributed by atoms with Gasteiger partial charge in [-0.2, -0.15) is 5.26 Å². The Bertz CT molecular complexity index is 987. The van der Waals surface area contributed by atoms with Gasteiger partial charge in [0.25, 0.3) is 5.91 Å². The average Bonchev–Trinajstić information content (AvgIpc) is 3.26. The number of nitrogens with zero attached hydrogens (tertiary/aromatic N) is 3. The summed E-state index contributed by atoms with van der Waals surface area (Å²) in [5.41, 5.74) is 1.10. The molecule has 1 N–H and O–H groups in total. The van der Waals surface area contributed by atoms with Crippen LogP contribution in [0.2, 0.25) is 0 Å². The fraction of sp³-hybridized carbons (Fsp3) is 0.429. The topological polar surface area (TPSA) is 105 Å². The lowest BCUT2D eigenvalue weighted by Gasteiger charge is -2.23. The summed E-state index contributed by atoms with van der Waals surface area (Å²) in [6, 6.07) is 8.80. The third-order valence-corrected chi connectivity index (χ3v) is 6.19. The Labute approximate surface area is 178 Å². The highest BCUT2D eigenvalue weighted by Gasteiger charge is 2.29. The minimum Gasteiger partial charge on any atom is -0.490 e. The first-order valence-electron chi connectivity index (χ1n) is 9.84. The third-order valence-electron chi connectivity index (χ3n) is 5.18. The highest BCUT2D eigenvalue weighted by Crippen LogP contribution is 2.25. The zero-order valence-electron chi connectivity index (χ0n) is 16.4. The van der Waals surface area contributed by atoms with E-state index in [4.69, 9.17) is 14.7 Å². The molecule has 0 bridgehead atoms. The van der Waals surface area contributed by atoms with Crippen LogP contribution >= 0.6 is 11.8 Å². The van der Waals surface area contributed by atoms with Crippen LogP contribution in [0.3, 0.4) is 0 Å². The molecule has 2 saturated heterocycles. The van der Waals surface area contributed by atoms with Gasteiger partial charge in [0.15, 0.2) is 0 Å². The summed E-state index contributed by atoms with van der Waals surface area (Å²) < 4.78 is 11.4. The van der Waals surface area contributed by atoms with E-state index < -0.39 is 6.04 Å². The number of amides is 2. The molecule has 156 valence electrons. The lowest BCUT2D eigenvalue weighted by molar-refractivity contribution is -0.129. The van der Waals surface area contributed by atoms with Crippen molar-refractivity contribution in [2.45, 2.75) is 25.0 Å². The van der Waals surface area contributed by atoms with Crippen molar-refractivity contribution < 1.29 is 19.1 Å². The largest absolute Gasteiger partial charge is 0.490 e. The monoisotopic (exact) mass is 426 g/mol. The van der Waals surface area contributed by atoms with Gasteiger partial charge < -0.3 is 19.7 Å². The number of hydrogen-bond acceptors (Lipinski definition) is 7. The van der Waals surface area contributed by atoms with Gasteiger partial charge in [0.05, 0.1) is 42.8 Å². The molecule has 2 fully saturated rings. The fourth-order valence-electron chi connectivity index (χ4n) is 3.53. The zero-order chi connectivity index (χ0) is 20.9. The van der Waals surface area contributed by atoms with Crippen molar-refractivity contribution in [2.24, 2.45) is 0 Å². The summed E-state index contributed by atoms with van der Waals surface area (Å²) in [4.78, 5) is 31.0.